The summed E-state index contributed by atoms with van der Waals surface area (Å²) in [6, 6.07) is 11.7. The van der Waals surface area contributed by atoms with Crippen molar-refractivity contribution in [3.05, 3.63) is 57.5 Å². The molecule has 6 heteroatoms. The van der Waals surface area contributed by atoms with Gasteiger partial charge in [0, 0.05) is 9.50 Å². The smallest absolute Gasteiger partial charge is 0.261 e. The Morgan fingerprint density at radius 3 is 2.47 bits per heavy atom. The second-order valence-electron chi connectivity index (χ2n) is 4.00. The van der Waals surface area contributed by atoms with Crippen molar-refractivity contribution in [2.75, 3.05) is 4.72 Å². The van der Waals surface area contributed by atoms with E-state index in [0.29, 0.717) is 15.2 Å². The van der Waals surface area contributed by atoms with Crippen molar-refractivity contribution in [2.24, 2.45) is 0 Å². The maximum Gasteiger partial charge on any atom is 0.261 e. The number of aryl methyl sites for hydroxylation is 1. The summed E-state index contributed by atoms with van der Waals surface area (Å²) in [7, 11) is -3.64. The highest BCUT2D eigenvalue weighted by molar-refractivity contribution is 9.10. The zero-order chi connectivity index (χ0) is 14.0. The van der Waals surface area contributed by atoms with E-state index in [1.54, 1.807) is 24.3 Å². The van der Waals surface area contributed by atoms with Gasteiger partial charge in [0.15, 0.2) is 0 Å². The first-order chi connectivity index (χ1) is 8.90. The van der Waals surface area contributed by atoms with E-state index in [4.69, 9.17) is 11.6 Å². The van der Waals surface area contributed by atoms with Crippen LogP contribution in [-0.2, 0) is 10.0 Å². The van der Waals surface area contributed by atoms with Gasteiger partial charge in [-0.1, -0.05) is 29.8 Å². The molecule has 0 atom stereocenters. The maximum absolute atomic E-state index is 12.2. The molecule has 1 N–H and O–H groups in total. The lowest BCUT2D eigenvalue weighted by Crippen LogP contribution is -2.13. The minimum atomic E-state index is -3.64. The first-order valence-electron chi connectivity index (χ1n) is 5.43. The molecule has 2 rings (SSSR count). The SMILES string of the molecule is Cc1ccc(S(=O)(=O)Nc2ccccc2Br)cc1Cl. The van der Waals surface area contributed by atoms with E-state index in [2.05, 4.69) is 20.7 Å². The van der Waals surface area contributed by atoms with E-state index < -0.39 is 10.0 Å². The Kier molecular flexibility index (Phi) is 4.18. The molecule has 0 spiro atoms. The van der Waals surface area contributed by atoms with Crippen LogP contribution in [0.3, 0.4) is 0 Å². The second-order valence-corrected chi connectivity index (χ2v) is 6.94. The second kappa shape index (κ2) is 5.53. The van der Waals surface area contributed by atoms with Gasteiger partial charge in [-0.05, 0) is 52.7 Å². The number of nitrogens with one attached hydrogen (secondary N) is 1. The van der Waals surface area contributed by atoms with Gasteiger partial charge < -0.3 is 0 Å². The summed E-state index contributed by atoms with van der Waals surface area (Å²) < 4.78 is 27.6. The summed E-state index contributed by atoms with van der Waals surface area (Å²) in [4.78, 5) is 0.138. The van der Waals surface area contributed by atoms with Crippen LogP contribution in [0, 0.1) is 6.92 Å². The molecule has 0 aliphatic carbocycles. The molecular weight excluding hydrogens is 350 g/mol. The molecule has 0 aromatic heterocycles. The first kappa shape index (κ1) is 14.4. The zero-order valence-corrected chi connectivity index (χ0v) is 13.2. The van der Waals surface area contributed by atoms with E-state index >= 15 is 0 Å². The molecule has 0 unspecified atom stereocenters. The van der Waals surface area contributed by atoms with Crippen LogP contribution in [0.15, 0.2) is 51.8 Å². The van der Waals surface area contributed by atoms with Gasteiger partial charge in [0.1, 0.15) is 0 Å². The number of hydrogen-bond donors (Lipinski definition) is 1. The number of hydrogen-bond acceptors (Lipinski definition) is 2. The monoisotopic (exact) mass is 359 g/mol. The normalized spacial score (nSPS) is 11.3. The first-order valence-corrected chi connectivity index (χ1v) is 8.09. The highest BCUT2D eigenvalue weighted by Crippen LogP contribution is 2.26. The Balaban J connectivity index is 2.38. The average molecular weight is 361 g/mol. The summed E-state index contributed by atoms with van der Waals surface area (Å²) in [5.41, 5.74) is 1.32. The Bertz CT molecular complexity index is 716. The fourth-order valence-corrected chi connectivity index (χ4v) is 3.35. The fourth-order valence-electron chi connectivity index (χ4n) is 1.49. The summed E-state index contributed by atoms with van der Waals surface area (Å²) >= 11 is 9.25. The van der Waals surface area contributed by atoms with Gasteiger partial charge in [-0.2, -0.15) is 0 Å². The molecule has 0 radical (unpaired) electrons. The maximum atomic E-state index is 12.2. The summed E-state index contributed by atoms with van der Waals surface area (Å²) in [5.74, 6) is 0. The number of benzene rings is 2. The van der Waals surface area contributed by atoms with Crippen LogP contribution in [-0.4, -0.2) is 8.42 Å². The summed E-state index contributed by atoms with van der Waals surface area (Å²) in [5, 5.41) is 0.426. The van der Waals surface area contributed by atoms with Crippen LogP contribution in [0.1, 0.15) is 5.56 Å². The van der Waals surface area contributed by atoms with Crippen molar-refractivity contribution >= 4 is 43.2 Å². The number of sulfonamides is 1. The van der Waals surface area contributed by atoms with Gasteiger partial charge in [-0.25, -0.2) is 8.42 Å². The molecule has 2 aromatic carbocycles. The van der Waals surface area contributed by atoms with Gasteiger partial charge in [0.2, 0.25) is 0 Å². The molecule has 3 nitrogen and oxygen atoms in total. The predicted octanol–water partition coefficient (Wildman–Crippen LogP) is 4.21. The summed E-state index contributed by atoms with van der Waals surface area (Å²) in [6.45, 7) is 1.82. The minimum Gasteiger partial charge on any atom is -0.278 e. The van der Waals surface area contributed by atoms with Crippen LogP contribution in [0.4, 0.5) is 5.69 Å². The molecule has 0 fully saturated rings. The molecule has 0 aliphatic heterocycles. The third-order valence-electron chi connectivity index (χ3n) is 2.57. The lowest BCUT2D eigenvalue weighted by atomic mass is 10.2. The van der Waals surface area contributed by atoms with Crippen LogP contribution in [0.5, 0.6) is 0 Å². The van der Waals surface area contributed by atoms with Crippen molar-refractivity contribution < 1.29 is 8.42 Å². The van der Waals surface area contributed by atoms with E-state index in [1.807, 2.05) is 13.0 Å². The van der Waals surface area contributed by atoms with Crippen molar-refractivity contribution in [3.8, 4) is 0 Å². The molecule has 0 aliphatic rings. The number of anilines is 1. The van der Waals surface area contributed by atoms with Crippen LogP contribution in [0.2, 0.25) is 5.02 Å². The Labute approximate surface area is 125 Å². The van der Waals surface area contributed by atoms with Crippen molar-refractivity contribution in [3.63, 3.8) is 0 Å². The lowest BCUT2D eigenvalue weighted by Gasteiger charge is -2.10. The standard InChI is InChI=1S/C13H11BrClNO2S/c1-9-6-7-10(8-12(9)15)19(17,18)16-13-5-3-2-4-11(13)14/h2-8,16H,1H3. The third-order valence-corrected chi connectivity index (χ3v) is 5.03. The van der Waals surface area contributed by atoms with Gasteiger partial charge in [0.05, 0.1) is 10.6 Å². The predicted molar refractivity (Wildman–Crippen MR) is 81.1 cm³/mol. The lowest BCUT2D eigenvalue weighted by molar-refractivity contribution is 0.601. The molecule has 0 bridgehead atoms. The molecule has 0 saturated heterocycles. The Hall–Kier alpha value is -1.04. The topological polar surface area (TPSA) is 46.2 Å². The van der Waals surface area contributed by atoms with Gasteiger partial charge in [-0.3, -0.25) is 4.72 Å². The van der Waals surface area contributed by atoms with Gasteiger partial charge >= 0.3 is 0 Å². The largest absolute Gasteiger partial charge is 0.278 e. The van der Waals surface area contributed by atoms with E-state index in [-0.39, 0.29) is 4.90 Å². The average Bonchev–Trinajstić information content (AvgIpc) is 2.35. The number of rotatable bonds is 3. The van der Waals surface area contributed by atoms with Crippen LogP contribution >= 0.6 is 27.5 Å². The number of halogens is 2. The van der Waals surface area contributed by atoms with Gasteiger partial charge in [-0.15, -0.1) is 0 Å². The highest BCUT2D eigenvalue weighted by Gasteiger charge is 2.16. The molecular formula is C13H11BrClNO2S. The fraction of sp³-hybridized carbons (Fsp3) is 0.0769. The van der Waals surface area contributed by atoms with Crippen LogP contribution in [0.25, 0.3) is 0 Å². The highest BCUT2D eigenvalue weighted by atomic mass is 79.9. The summed E-state index contributed by atoms with van der Waals surface area (Å²) in [6.07, 6.45) is 0. The van der Waals surface area contributed by atoms with Gasteiger partial charge in [0.25, 0.3) is 10.0 Å². The van der Waals surface area contributed by atoms with Crippen LogP contribution < -0.4 is 4.72 Å². The van der Waals surface area contributed by atoms with Crippen molar-refractivity contribution in [1.82, 2.24) is 0 Å². The molecule has 0 saturated carbocycles. The Morgan fingerprint density at radius 2 is 1.84 bits per heavy atom. The van der Waals surface area contributed by atoms with Crippen molar-refractivity contribution in [1.29, 1.82) is 0 Å². The van der Waals surface area contributed by atoms with Crippen molar-refractivity contribution in [2.45, 2.75) is 11.8 Å². The van der Waals surface area contributed by atoms with E-state index in [9.17, 15) is 8.42 Å². The van der Waals surface area contributed by atoms with E-state index in [0.717, 1.165) is 5.56 Å². The van der Waals surface area contributed by atoms with E-state index in [1.165, 1.54) is 12.1 Å². The third kappa shape index (κ3) is 3.29. The molecule has 0 amide bonds. The number of para-hydroxylation sites is 1. The zero-order valence-electron chi connectivity index (χ0n) is 10.0. The molecule has 19 heavy (non-hydrogen) atoms. The molecule has 100 valence electrons. The minimum absolute atomic E-state index is 0.138. The quantitative estimate of drug-likeness (QED) is 0.891. The Morgan fingerprint density at radius 1 is 1.16 bits per heavy atom. The molecule has 0 heterocycles. The molecule has 2 aromatic rings.